The Kier molecular flexibility index (Phi) is 14.2. The highest BCUT2D eigenvalue weighted by molar-refractivity contribution is 5.96. The predicted octanol–water partition coefficient (Wildman–Crippen LogP) is -3.20. The monoisotopic (exact) mass is 505 g/mol. The summed E-state index contributed by atoms with van der Waals surface area (Å²) in [5.41, 5.74) is 10.9. The second kappa shape index (κ2) is 15.9. The van der Waals surface area contributed by atoms with Crippen LogP contribution in [0, 0.1) is 0 Å². The lowest BCUT2D eigenvalue weighted by Gasteiger charge is -2.24. The molecule has 16 heteroatoms. The molecule has 0 spiro atoms. The second-order valence-electron chi connectivity index (χ2n) is 7.54. The van der Waals surface area contributed by atoms with Gasteiger partial charge < -0.3 is 47.8 Å². The van der Waals surface area contributed by atoms with Gasteiger partial charge in [-0.3, -0.25) is 28.8 Å². The van der Waals surface area contributed by atoms with Gasteiger partial charge in [0, 0.05) is 6.42 Å². The minimum absolute atomic E-state index is 0.00760. The van der Waals surface area contributed by atoms with Gasteiger partial charge in [0.15, 0.2) is 0 Å². The van der Waals surface area contributed by atoms with Crippen LogP contribution >= 0.6 is 0 Å². The van der Waals surface area contributed by atoms with Crippen molar-refractivity contribution in [2.45, 2.75) is 69.1 Å². The topological polar surface area (TPSA) is 289 Å². The zero-order valence-electron chi connectivity index (χ0n) is 18.8. The van der Waals surface area contributed by atoms with Gasteiger partial charge in [0.2, 0.25) is 17.7 Å². The van der Waals surface area contributed by atoms with Gasteiger partial charge in [-0.1, -0.05) is 0 Å². The summed E-state index contributed by atoms with van der Waals surface area (Å²) < 4.78 is 0. The van der Waals surface area contributed by atoms with E-state index in [0.717, 1.165) is 0 Å². The standard InChI is InChI=1S/C19H31N5O11/c20-6-2-1-3-10(22-16(31)9(21)7-14(27)28)17(32)24-12(8-15(29)30)18(33)23-11(19(34)35)4-5-13(25)26/h9-12H,1-8,20-21H2,(H,22,31)(H,23,33)(H,24,32)(H,25,26)(H,27,28)(H,29,30)(H,34,35). The normalized spacial score (nSPS) is 14.0. The number of carbonyl (C=O) groups is 7. The van der Waals surface area contributed by atoms with Crippen LogP contribution in [0.4, 0.5) is 0 Å². The van der Waals surface area contributed by atoms with Crippen LogP contribution in [-0.4, -0.2) is 92.7 Å². The Balaban J connectivity index is 5.54. The highest BCUT2D eigenvalue weighted by Crippen LogP contribution is 2.05. The van der Waals surface area contributed by atoms with Gasteiger partial charge in [0.25, 0.3) is 0 Å². The van der Waals surface area contributed by atoms with Crippen LogP contribution in [0.2, 0.25) is 0 Å². The van der Waals surface area contributed by atoms with Crippen LogP contribution in [0.15, 0.2) is 0 Å². The molecule has 0 aliphatic heterocycles. The Morgan fingerprint density at radius 3 is 1.63 bits per heavy atom. The minimum atomic E-state index is -1.77. The van der Waals surface area contributed by atoms with Crippen molar-refractivity contribution in [3.8, 4) is 0 Å². The van der Waals surface area contributed by atoms with E-state index >= 15 is 0 Å². The summed E-state index contributed by atoms with van der Waals surface area (Å²) in [6.45, 7) is 0.262. The van der Waals surface area contributed by atoms with E-state index in [2.05, 4.69) is 10.6 Å². The Morgan fingerprint density at radius 2 is 1.14 bits per heavy atom. The first kappa shape index (κ1) is 31.2. The third kappa shape index (κ3) is 13.5. The van der Waals surface area contributed by atoms with E-state index in [0.29, 0.717) is 12.8 Å². The summed E-state index contributed by atoms with van der Waals surface area (Å²) in [7, 11) is 0. The lowest BCUT2D eigenvalue weighted by Crippen LogP contribution is -2.57. The van der Waals surface area contributed by atoms with Crippen LogP contribution in [0.25, 0.3) is 0 Å². The number of carbonyl (C=O) groups excluding carboxylic acids is 3. The molecule has 0 fully saturated rings. The summed E-state index contributed by atoms with van der Waals surface area (Å²) in [5.74, 6) is -8.94. The molecule has 4 atom stereocenters. The first-order chi connectivity index (χ1) is 16.3. The molecule has 0 aromatic carbocycles. The maximum atomic E-state index is 12.8. The fraction of sp³-hybridized carbons (Fsp3) is 0.632. The average molecular weight is 505 g/mol. The zero-order valence-corrected chi connectivity index (χ0v) is 18.8. The molecular formula is C19H31N5O11. The quantitative estimate of drug-likeness (QED) is 0.0830. The summed E-state index contributed by atoms with van der Waals surface area (Å²) in [6.07, 6.45) is -2.00. The van der Waals surface area contributed by atoms with Crippen molar-refractivity contribution in [2.24, 2.45) is 11.5 Å². The first-order valence-corrected chi connectivity index (χ1v) is 10.5. The number of aliphatic carboxylic acids is 4. The van der Waals surface area contributed by atoms with Crippen molar-refractivity contribution >= 4 is 41.6 Å². The molecule has 0 heterocycles. The summed E-state index contributed by atoms with van der Waals surface area (Å²) in [5, 5.41) is 42.1. The van der Waals surface area contributed by atoms with Crippen molar-refractivity contribution in [3.63, 3.8) is 0 Å². The smallest absolute Gasteiger partial charge is 0.326 e. The van der Waals surface area contributed by atoms with Crippen molar-refractivity contribution in [1.29, 1.82) is 0 Å². The van der Waals surface area contributed by atoms with Gasteiger partial charge in [0.1, 0.15) is 18.1 Å². The lowest BCUT2D eigenvalue weighted by molar-refractivity contribution is -0.144. The molecule has 0 bridgehead atoms. The third-order valence-corrected chi connectivity index (χ3v) is 4.58. The van der Waals surface area contributed by atoms with Gasteiger partial charge in [-0.15, -0.1) is 0 Å². The molecule has 0 rings (SSSR count). The average Bonchev–Trinajstić information content (AvgIpc) is 2.73. The number of rotatable bonds is 18. The van der Waals surface area contributed by atoms with Crippen LogP contribution in [0.1, 0.15) is 44.9 Å². The minimum Gasteiger partial charge on any atom is -0.481 e. The van der Waals surface area contributed by atoms with E-state index in [1.807, 2.05) is 5.32 Å². The molecular weight excluding hydrogens is 474 g/mol. The van der Waals surface area contributed by atoms with E-state index < -0.39 is 91.4 Å². The Morgan fingerprint density at radius 1 is 0.629 bits per heavy atom. The lowest BCUT2D eigenvalue weighted by atomic mass is 10.1. The van der Waals surface area contributed by atoms with E-state index in [9.17, 15) is 38.7 Å². The van der Waals surface area contributed by atoms with Crippen LogP contribution < -0.4 is 27.4 Å². The van der Waals surface area contributed by atoms with E-state index in [1.165, 1.54) is 0 Å². The van der Waals surface area contributed by atoms with Gasteiger partial charge in [-0.25, -0.2) is 4.79 Å². The maximum Gasteiger partial charge on any atom is 0.326 e. The van der Waals surface area contributed by atoms with Gasteiger partial charge in [0.05, 0.1) is 18.9 Å². The highest BCUT2D eigenvalue weighted by Gasteiger charge is 2.31. The largest absolute Gasteiger partial charge is 0.481 e. The van der Waals surface area contributed by atoms with Crippen LogP contribution in [0.3, 0.4) is 0 Å². The predicted molar refractivity (Wildman–Crippen MR) is 116 cm³/mol. The summed E-state index contributed by atoms with van der Waals surface area (Å²) >= 11 is 0. The number of nitrogens with two attached hydrogens (primary N) is 2. The number of carboxylic acid groups (broad SMARTS) is 4. The van der Waals surface area contributed by atoms with Gasteiger partial charge >= 0.3 is 23.9 Å². The van der Waals surface area contributed by atoms with Gasteiger partial charge in [-0.05, 0) is 32.2 Å². The third-order valence-electron chi connectivity index (χ3n) is 4.58. The SMILES string of the molecule is NCCCCC(NC(=O)C(N)CC(=O)O)C(=O)NC(CC(=O)O)C(=O)NC(CCC(=O)O)C(=O)O. The number of amides is 3. The van der Waals surface area contributed by atoms with Crippen molar-refractivity contribution < 1.29 is 54.0 Å². The van der Waals surface area contributed by atoms with E-state index in [-0.39, 0.29) is 13.0 Å². The molecule has 198 valence electrons. The Hall–Kier alpha value is -3.79. The van der Waals surface area contributed by atoms with Crippen molar-refractivity contribution in [1.82, 2.24) is 16.0 Å². The molecule has 0 aromatic rings. The molecule has 0 saturated carbocycles. The summed E-state index contributed by atoms with van der Waals surface area (Å²) in [6, 6.07) is -6.25. The van der Waals surface area contributed by atoms with Crippen LogP contribution in [0.5, 0.6) is 0 Å². The molecule has 0 saturated heterocycles. The Bertz CT molecular complexity index is 804. The first-order valence-electron chi connectivity index (χ1n) is 10.5. The molecule has 4 unspecified atom stereocenters. The number of hydrogen-bond donors (Lipinski definition) is 9. The zero-order chi connectivity index (χ0) is 27.1. The fourth-order valence-electron chi connectivity index (χ4n) is 2.77. The highest BCUT2D eigenvalue weighted by atomic mass is 16.4. The number of hydrogen-bond acceptors (Lipinski definition) is 9. The molecule has 16 nitrogen and oxygen atoms in total. The number of carboxylic acids is 4. The molecule has 35 heavy (non-hydrogen) atoms. The number of unbranched alkanes of at least 4 members (excludes halogenated alkanes) is 1. The molecule has 3 amide bonds. The Labute approximate surface area is 199 Å². The maximum absolute atomic E-state index is 12.8. The van der Waals surface area contributed by atoms with Gasteiger partial charge in [-0.2, -0.15) is 0 Å². The summed E-state index contributed by atoms with van der Waals surface area (Å²) in [4.78, 5) is 81.4. The van der Waals surface area contributed by atoms with Crippen LogP contribution in [-0.2, 0) is 33.6 Å². The van der Waals surface area contributed by atoms with Crippen molar-refractivity contribution in [3.05, 3.63) is 0 Å². The van der Waals surface area contributed by atoms with E-state index in [4.69, 9.17) is 26.8 Å². The molecule has 11 N–H and O–H groups in total. The number of nitrogens with one attached hydrogen (secondary N) is 3. The molecule has 0 aliphatic carbocycles. The fourth-order valence-corrected chi connectivity index (χ4v) is 2.77. The second-order valence-corrected chi connectivity index (χ2v) is 7.54. The molecule has 0 aromatic heterocycles. The van der Waals surface area contributed by atoms with E-state index in [1.54, 1.807) is 0 Å². The van der Waals surface area contributed by atoms with Crippen molar-refractivity contribution in [2.75, 3.05) is 6.54 Å². The molecule has 0 aliphatic rings. The molecule has 0 radical (unpaired) electrons.